The lowest BCUT2D eigenvalue weighted by Gasteiger charge is -2.28. The number of aromatic nitrogens is 3. The van der Waals surface area contributed by atoms with E-state index in [0.717, 1.165) is 83.6 Å². The molecule has 3 aliphatic rings. The Labute approximate surface area is 239 Å². The maximum atomic E-state index is 5.50. The third-order valence-electron chi connectivity index (χ3n) is 8.69. The predicted molar refractivity (Wildman–Crippen MR) is 165 cm³/mol. The SMILES string of the molecule is Cc1c(-c2ncnc3[nH]c(-c4ccc(N5CCOCC5)cc4)cc23)cccc1N1Cc2ccc(C3CC3)cc2C=N1. The third kappa shape index (κ3) is 4.46. The molecule has 0 amide bonds. The zero-order valence-corrected chi connectivity index (χ0v) is 23.2. The number of hydrogen-bond acceptors (Lipinski definition) is 6. The Morgan fingerprint density at radius 2 is 1.78 bits per heavy atom. The van der Waals surface area contributed by atoms with Crippen molar-refractivity contribution < 1.29 is 4.74 Å². The first-order chi connectivity index (χ1) is 20.2. The first kappa shape index (κ1) is 24.3. The molecule has 1 saturated heterocycles. The fourth-order valence-corrected chi connectivity index (χ4v) is 6.17. The van der Waals surface area contributed by atoms with Gasteiger partial charge in [-0.3, -0.25) is 5.01 Å². The molecule has 0 spiro atoms. The number of H-pyrrole nitrogens is 1. The molecule has 4 heterocycles. The van der Waals surface area contributed by atoms with Gasteiger partial charge in [0.05, 0.1) is 37.4 Å². The molecule has 1 aliphatic carbocycles. The van der Waals surface area contributed by atoms with Crippen LogP contribution in [-0.2, 0) is 11.3 Å². The Bertz CT molecular complexity index is 1780. The molecule has 2 aromatic heterocycles. The number of nitrogens with zero attached hydrogens (tertiary/aromatic N) is 5. The molecule has 8 rings (SSSR count). The minimum atomic E-state index is 0.749. The Morgan fingerprint density at radius 3 is 2.61 bits per heavy atom. The van der Waals surface area contributed by atoms with Gasteiger partial charge >= 0.3 is 0 Å². The lowest BCUT2D eigenvalue weighted by molar-refractivity contribution is 0.122. The average molecular weight is 541 g/mol. The van der Waals surface area contributed by atoms with Crippen molar-refractivity contribution in [3.8, 4) is 22.5 Å². The lowest BCUT2D eigenvalue weighted by atomic mass is 9.99. The smallest absolute Gasteiger partial charge is 0.141 e. The van der Waals surface area contributed by atoms with Gasteiger partial charge in [0.25, 0.3) is 0 Å². The van der Waals surface area contributed by atoms with E-state index < -0.39 is 0 Å². The highest BCUT2D eigenvalue weighted by Crippen LogP contribution is 2.41. The summed E-state index contributed by atoms with van der Waals surface area (Å²) in [4.78, 5) is 15.2. The zero-order valence-electron chi connectivity index (χ0n) is 23.2. The topological polar surface area (TPSA) is 69.6 Å². The van der Waals surface area contributed by atoms with Gasteiger partial charge in [-0.1, -0.05) is 36.4 Å². The van der Waals surface area contributed by atoms with E-state index in [1.165, 1.54) is 35.2 Å². The summed E-state index contributed by atoms with van der Waals surface area (Å²) in [5.41, 5.74) is 12.5. The molecular weight excluding hydrogens is 508 g/mol. The number of hydrazone groups is 1. The fourth-order valence-electron chi connectivity index (χ4n) is 6.17. The molecule has 7 nitrogen and oxygen atoms in total. The number of ether oxygens (including phenoxy) is 1. The van der Waals surface area contributed by atoms with Crippen molar-refractivity contribution >= 4 is 28.6 Å². The summed E-state index contributed by atoms with van der Waals surface area (Å²) in [6.07, 6.45) is 6.29. The highest BCUT2D eigenvalue weighted by Gasteiger charge is 2.25. The predicted octanol–water partition coefficient (Wildman–Crippen LogP) is 6.67. The van der Waals surface area contributed by atoms with E-state index in [1.807, 2.05) is 6.21 Å². The first-order valence-corrected chi connectivity index (χ1v) is 14.5. The van der Waals surface area contributed by atoms with E-state index >= 15 is 0 Å². The molecule has 7 heteroatoms. The number of benzene rings is 3. The lowest BCUT2D eigenvalue weighted by Crippen LogP contribution is -2.36. The van der Waals surface area contributed by atoms with Gasteiger partial charge in [0, 0.05) is 35.4 Å². The van der Waals surface area contributed by atoms with Crippen molar-refractivity contribution in [3.05, 3.63) is 95.3 Å². The van der Waals surface area contributed by atoms with Crippen LogP contribution >= 0.6 is 0 Å². The van der Waals surface area contributed by atoms with E-state index in [-0.39, 0.29) is 0 Å². The second-order valence-electron chi connectivity index (χ2n) is 11.3. The molecule has 0 radical (unpaired) electrons. The van der Waals surface area contributed by atoms with Crippen LogP contribution < -0.4 is 9.91 Å². The summed E-state index contributed by atoms with van der Waals surface area (Å²) in [5.74, 6) is 0.749. The summed E-state index contributed by atoms with van der Waals surface area (Å²) < 4.78 is 5.50. The molecule has 204 valence electrons. The molecule has 1 saturated carbocycles. The van der Waals surface area contributed by atoms with Crippen LogP contribution in [0.15, 0.2) is 78.2 Å². The summed E-state index contributed by atoms with van der Waals surface area (Å²) >= 11 is 0. The second kappa shape index (κ2) is 9.85. The average Bonchev–Trinajstić information content (AvgIpc) is 3.79. The van der Waals surface area contributed by atoms with Crippen LogP contribution in [-0.4, -0.2) is 47.5 Å². The van der Waals surface area contributed by atoms with Gasteiger partial charge in [-0.2, -0.15) is 5.10 Å². The summed E-state index contributed by atoms with van der Waals surface area (Å²) in [6, 6.07) is 24.2. The molecule has 0 unspecified atom stereocenters. The van der Waals surface area contributed by atoms with Crippen molar-refractivity contribution in [1.82, 2.24) is 15.0 Å². The van der Waals surface area contributed by atoms with Crippen molar-refractivity contribution in [1.29, 1.82) is 0 Å². The Balaban J connectivity index is 1.10. The second-order valence-corrected chi connectivity index (χ2v) is 11.3. The van der Waals surface area contributed by atoms with E-state index in [2.05, 4.69) is 93.5 Å². The Kier molecular flexibility index (Phi) is 5.84. The van der Waals surface area contributed by atoms with Gasteiger partial charge in [-0.05, 0) is 83.8 Å². The minimum absolute atomic E-state index is 0.749. The molecule has 5 aromatic rings. The van der Waals surface area contributed by atoms with Gasteiger partial charge in [-0.25, -0.2) is 9.97 Å². The highest BCUT2D eigenvalue weighted by atomic mass is 16.5. The number of morpholine rings is 1. The van der Waals surface area contributed by atoms with E-state index in [1.54, 1.807) is 6.33 Å². The van der Waals surface area contributed by atoms with E-state index in [4.69, 9.17) is 14.8 Å². The molecule has 2 aliphatic heterocycles. The van der Waals surface area contributed by atoms with Crippen molar-refractivity contribution in [3.63, 3.8) is 0 Å². The quantitative estimate of drug-likeness (QED) is 0.270. The number of hydrogen-bond donors (Lipinski definition) is 1. The van der Waals surface area contributed by atoms with Crippen LogP contribution in [0.3, 0.4) is 0 Å². The van der Waals surface area contributed by atoms with Crippen molar-refractivity contribution in [2.45, 2.75) is 32.2 Å². The maximum Gasteiger partial charge on any atom is 0.141 e. The van der Waals surface area contributed by atoms with Crippen LogP contribution in [0.25, 0.3) is 33.5 Å². The monoisotopic (exact) mass is 540 g/mol. The van der Waals surface area contributed by atoms with Gasteiger partial charge in [-0.15, -0.1) is 0 Å². The highest BCUT2D eigenvalue weighted by molar-refractivity contribution is 5.96. The van der Waals surface area contributed by atoms with E-state index in [9.17, 15) is 0 Å². The number of rotatable bonds is 5. The largest absolute Gasteiger partial charge is 0.378 e. The Hall–Kier alpha value is -4.49. The number of aromatic amines is 1. The molecule has 3 aromatic carbocycles. The molecule has 1 N–H and O–H groups in total. The van der Waals surface area contributed by atoms with Crippen LogP contribution in [0.4, 0.5) is 11.4 Å². The third-order valence-corrected chi connectivity index (χ3v) is 8.69. The van der Waals surface area contributed by atoms with Gasteiger partial charge in [0.15, 0.2) is 0 Å². The molecular formula is C34H32N6O. The van der Waals surface area contributed by atoms with Crippen LogP contribution in [0.5, 0.6) is 0 Å². The van der Waals surface area contributed by atoms with Crippen molar-refractivity contribution in [2.75, 3.05) is 36.2 Å². The minimum Gasteiger partial charge on any atom is -0.378 e. The molecule has 2 fully saturated rings. The van der Waals surface area contributed by atoms with Gasteiger partial charge < -0.3 is 14.6 Å². The molecule has 0 bridgehead atoms. The number of fused-ring (bicyclic) bond motifs is 2. The Morgan fingerprint density at radius 1 is 0.927 bits per heavy atom. The normalized spacial score (nSPS) is 16.8. The summed E-state index contributed by atoms with van der Waals surface area (Å²) in [6.45, 7) is 6.35. The van der Waals surface area contributed by atoms with Gasteiger partial charge in [0.1, 0.15) is 12.0 Å². The number of anilines is 2. The molecule has 41 heavy (non-hydrogen) atoms. The fraction of sp³-hybridized carbons (Fsp3) is 0.265. The summed E-state index contributed by atoms with van der Waals surface area (Å²) in [7, 11) is 0. The number of nitrogens with one attached hydrogen (secondary N) is 1. The standard InChI is InChI=1S/C34H32N6O/c1-22-29(3-2-4-32(22)40-20-26-8-7-25(23-5-6-23)17-27(26)19-37-40)33-30-18-31(38-34(30)36-21-35-33)24-9-11-28(12-10-24)39-13-15-41-16-14-39/h2-4,7-12,17-19,21,23H,5-6,13-16,20H2,1H3,(H,35,36,38). The van der Waals surface area contributed by atoms with Crippen LogP contribution in [0.1, 0.15) is 41.0 Å². The first-order valence-electron chi connectivity index (χ1n) is 14.5. The van der Waals surface area contributed by atoms with Crippen LogP contribution in [0, 0.1) is 6.92 Å². The van der Waals surface area contributed by atoms with Crippen molar-refractivity contribution in [2.24, 2.45) is 5.10 Å². The van der Waals surface area contributed by atoms with Crippen LogP contribution in [0.2, 0.25) is 0 Å². The summed E-state index contributed by atoms with van der Waals surface area (Å²) in [5, 5.41) is 7.98. The molecule has 0 atom stereocenters. The van der Waals surface area contributed by atoms with E-state index in [0.29, 0.717) is 0 Å². The maximum absolute atomic E-state index is 5.50. The zero-order chi connectivity index (χ0) is 27.3. The van der Waals surface area contributed by atoms with Gasteiger partial charge in [0.2, 0.25) is 0 Å².